The lowest BCUT2D eigenvalue weighted by atomic mass is 10.2. The normalized spacial score (nSPS) is 9.50. The van der Waals surface area contributed by atoms with Crippen LogP contribution in [0.1, 0.15) is 5.56 Å². The summed E-state index contributed by atoms with van der Waals surface area (Å²) in [6.07, 6.45) is 0. The highest BCUT2D eigenvalue weighted by atomic mass is 15.1. The Bertz CT molecular complexity index is 216. The molecule has 0 N–H and O–H groups in total. The monoisotopic (exact) mass is 134 g/mol. The van der Waals surface area contributed by atoms with Gasteiger partial charge >= 0.3 is 0 Å². The molecule has 0 aliphatic heterocycles. The molecule has 1 rings (SSSR count). The Morgan fingerprint density at radius 3 is 2.50 bits per heavy atom. The first kappa shape index (κ1) is 7.13. The van der Waals surface area contributed by atoms with Gasteiger partial charge in [0.15, 0.2) is 0 Å². The molecule has 53 valence electrons. The van der Waals surface area contributed by atoms with Crippen LogP contribution in [-0.2, 0) is 0 Å². The number of rotatable bonds is 1. The van der Waals surface area contributed by atoms with E-state index in [1.54, 1.807) is 0 Å². The fraction of sp³-hybridized carbons (Fsp3) is 0.333. The number of hydrogen-bond acceptors (Lipinski definition) is 1. The lowest BCUT2D eigenvalue weighted by Gasteiger charge is -2.14. The minimum Gasteiger partial charge on any atom is -0.377 e. The minimum atomic E-state index is 1.26. The highest BCUT2D eigenvalue weighted by molar-refractivity contribution is 5.51. The van der Waals surface area contributed by atoms with Gasteiger partial charge in [-0.05, 0) is 30.7 Å². The predicted molar refractivity (Wildman–Crippen MR) is 44.3 cm³/mol. The molecular formula is C9H12N. The molecule has 0 unspecified atom stereocenters. The standard InChI is InChI=1S/C9H12N/c1-8-6-4-5-7-9(8)10(2)3/h5-7H,1-3H3. The van der Waals surface area contributed by atoms with E-state index in [4.69, 9.17) is 0 Å². The fourth-order valence-corrected chi connectivity index (χ4v) is 1.01. The third-order valence-corrected chi connectivity index (χ3v) is 1.52. The van der Waals surface area contributed by atoms with Crippen molar-refractivity contribution < 1.29 is 0 Å². The molecule has 10 heavy (non-hydrogen) atoms. The first-order valence-corrected chi connectivity index (χ1v) is 3.36. The van der Waals surface area contributed by atoms with Crippen molar-refractivity contribution in [1.82, 2.24) is 0 Å². The van der Waals surface area contributed by atoms with Crippen molar-refractivity contribution in [3.8, 4) is 0 Å². The molecule has 1 radical (unpaired) electrons. The van der Waals surface area contributed by atoms with Crippen molar-refractivity contribution in [3.63, 3.8) is 0 Å². The molecule has 0 amide bonds. The van der Waals surface area contributed by atoms with Crippen LogP contribution in [0, 0.1) is 13.0 Å². The highest BCUT2D eigenvalue weighted by Gasteiger charge is 1.95. The smallest absolute Gasteiger partial charge is 0.0391 e. The van der Waals surface area contributed by atoms with Gasteiger partial charge in [0.1, 0.15) is 0 Å². The predicted octanol–water partition coefficient (Wildman–Crippen LogP) is 1.86. The molecule has 0 aliphatic rings. The topological polar surface area (TPSA) is 3.24 Å². The molecular weight excluding hydrogens is 122 g/mol. The number of benzene rings is 1. The van der Waals surface area contributed by atoms with E-state index in [0.717, 1.165) is 0 Å². The Hall–Kier alpha value is -0.980. The van der Waals surface area contributed by atoms with Crippen LogP contribution < -0.4 is 4.90 Å². The molecule has 0 fully saturated rings. The van der Waals surface area contributed by atoms with Crippen LogP contribution in [0.5, 0.6) is 0 Å². The van der Waals surface area contributed by atoms with Crippen LogP contribution >= 0.6 is 0 Å². The molecule has 0 saturated carbocycles. The maximum Gasteiger partial charge on any atom is 0.0391 e. The average molecular weight is 134 g/mol. The zero-order valence-corrected chi connectivity index (χ0v) is 6.68. The zero-order chi connectivity index (χ0) is 7.56. The zero-order valence-electron chi connectivity index (χ0n) is 6.68. The van der Waals surface area contributed by atoms with Crippen molar-refractivity contribution in [2.24, 2.45) is 0 Å². The van der Waals surface area contributed by atoms with E-state index in [1.807, 2.05) is 26.2 Å². The van der Waals surface area contributed by atoms with Crippen molar-refractivity contribution in [2.45, 2.75) is 6.92 Å². The SMILES string of the molecule is Cc1c[c]ccc1N(C)C. The van der Waals surface area contributed by atoms with Crippen LogP contribution in [0.3, 0.4) is 0 Å². The van der Waals surface area contributed by atoms with Gasteiger partial charge in [0.05, 0.1) is 0 Å². The van der Waals surface area contributed by atoms with E-state index < -0.39 is 0 Å². The van der Waals surface area contributed by atoms with Gasteiger partial charge in [0.25, 0.3) is 0 Å². The van der Waals surface area contributed by atoms with Gasteiger partial charge < -0.3 is 4.90 Å². The molecule has 0 saturated heterocycles. The summed E-state index contributed by atoms with van der Waals surface area (Å²) < 4.78 is 0. The van der Waals surface area contributed by atoms with Crippen LogP contribution in [0.4, 0.5) is 5.69 Å². The lowest BCUT2D eigenvalue weighted by Crippen LogP contribution is -2.09. The Morgan fingerprint density at radius 2 is 2.10 bits per heavy atom. The molecule has 0 spiro atoms. The Balaban J connectivity index is 3.03. The second kappa shape index (κ2) is 2.74. The second-order valence-electron chi connectivity index (χ2n) is 2.61. The van der Waals surface area contributed by atoms with E-state index in [0.29, 0.717) is 0 Å². The Kier molecular flexibility index (Phi) is 1.95. The van der Waals surface area contributed by atoms with Crippen LogP contribution in [-0.4, -0.2) is 14.1 Å². The van der Waals surface area contributed by atoms with Gasteiger partial charge in [0, 0.05) is 19.8 Å². The summed E-state index contributed by atoms with van der Waals surface area (Å²) in [7, 11) is 4.09. The first-order valence-electron chi connectivity index (χ1n) is 3.36. The third-order valence-electron chi connectivity index (χ3n) is 1.52. The molecule has 0 bridgehead atoms. The van der Waals surface area contributed by atoms with Gasteiger partial charge in [-0.3, -0.25) is 0 Å². The molecule has 0 aromatic heterocycles. The molecule has 1 heteroatoms. The largest absolute Gasteiger partial charge is 0.377 e. The number of nitrogens with zero attached hydrogens (tertiary/aromatic N) is 1. The Morgan fingerprint density at radius 1 is 1.40 bits per heavy atom. The number of aryl methyl sites for hydroxylation is 1. The van der Waals surface area contributed by atoms with Crippen molar-refractivity contribution in [2.75, 3.05) is 19.0 Å². The number of hydrogen-bond donors (Lipinski definition) is 0. The maximum atomic E-state index is 3.03. The fourth-order valence-electron chi connectivity index (χ4n) is 1.01. The summed E-state index contributed by atoms with van der Waals surface area (Å²) in [4.78, 5) is 2.10. The Labute approximate surface area is 62.3 Å². The minimum absolute atomic E-state index is 1.26. The van der Waals surface area contributed by atoms with E-state index in [-0.39, 0.29) is 0 Å². The van der Waals surface area contributed by atoms with Gasteiger partial charge in [-0.25, -0.2) is 0 Å². The molecule has 1 aromatic rings. The van der Waals surface area contributed by atoms with E-state index in [1.165, 1.54) is 11.3 Å². The van der Waals surface area contributed by atoms with Gasteiger partial charge in [-0.15, -0.1) is 0 Å². The molecule has 0 heterocycles. The summed E-state index contributed by atoms with van der Waals surface area (Å²) in [6, 6.07) is 9.02. The van der Waals surface area contributed by atoms with Crippen LogP contribution in [0.15, 0.2) is 18.2 Å². The van der Waals surface area contributed by atoms with Crippen molar-refractivity contribution in [1.29, 1.82) is 0 Å². The van der Waals surface area contributed by atoms with Crippen molar-refractivity contribution >= 4 is 5.69 Å². The summed E-state index contributed by atoms with van der Waals surface area (Å²) in [5, 5.41) is 0. The summed E-state index contributed by atoms with van der Waals surface area (Å²) in [5.41, 5.74) is 2.53. The molecule has 1 aromatic carbocycles. The molecule has 0 aliphatic carbocycles. The van der Waals surface area contributed by atoms with Crippen molar-refractivity contribution in [3.05, 3.63) is 29.8 Å². The van der Waals surface area contributed by atoms with Gasteiger partial charge in [0.2, 0.25) is 0 Å². The van der Waals surface area contributed by atoms with Crippen LogP contribution in [0.25, 0.3) is 0 Å². The quantitative estimate of drug-likeness (QED) is 0.566. The average Bonchev–Trinajstić information content (AvgIpc) is 1.88. The summed E-state index contributed by atoms with van der Waals surface area (Å²) in [5.74, 6) is 0. The number of anilines is 1. The summed E-state index contributed by atoms with van der Waals surface area (Å²) in [6.45, 7) is 2.09. The van der Waals surface area contributed by atoms with Gasteiger partial charge in [-0.1, -0.05) is 6.07 Å². The lowest BCUT2D eigenvalue weighted by molar-refractivity contribution is 1.11. The van der Waals surface area contributed by atoms with E-state index in [2.05, 4.69) is 24.0 Å². The first-order chi connectivity index (χ1) is 4.72. The highest BCUT2D eigenvalue weighted by Crippen LogP contribution is 2.14. The van der Waals surface area contributed by atoms with E-state index >= 15 is 0 Å². The van der Waals surface area contributed by atoms with Gasteiger partial charge in [-0.2, -0.15) is 0 Å². The van der Waals surface area contributed by atoms with Crippen LogP contribution in [0.2, 0.25) is 0 Å². The second-order valence-corrected chi connectivity index (χ2v) is 2.61. The third kappa shape index (κ3) is 1.29. The summed E-state index contributed by atoms with van der Waals surface area (Å²) >= 11 is 0. The maximum absolute atomic E-state index is 3.03. The molecule has 1 nitrogen and oxygen atoms in total. The van der Waals surface area contributed by atoms with E-state index in [9.17, 15) is 0 Å². The molecule has 0 atom stereocenters.